The second-order valence-corrected chi connectivity index (χ2v) is 4.72. The molecular formula is C15H20N4O. The molecule has 2 aromatic rings. The second-order valence-electron chi connectivity index (χ2n) is 4.72. The monoisotopic (exact) mass is 272 g/mol. The number of carbonyl (C=O) groups excluding carboxylic acids is 1. The molecule has 5 heteroatoms. The minimum atomic E-state index is 0.00383. The quantitative estimate of drug-likeness (QED) is 0.786. The number of rotatable bonds is 6. The Kier molecular flexibility index (Phi) is 4.90. The van der Waals surface area contributed by atoms with E-state index < -0.39 is 0 Å². The van der Waals surface area contributed by atoms with Crippen LogP contribution < -0.4 is 10.6 Å². The highest BCUT2D eigenvalue weighted by molar-refractivity contribution is 5.72. The van der Waals surface area contributed by atoms with Gasteiger partial charge in [-0.25, -0.2) is 4.98 Å². The summed E-state index contributed by atoms with van der Waals surface area (Å²) < 4.78 is 1.97. The van der Waals surface area contributed by atoms with Crippen LogP contribution in [0.5, 0.6) is 0 Å². The van der Waals surface area contributed by atoms with Crippen LogP contribution in [0.25, 0.3) is 5.69 Å². The summed E-state index contributed by atoms with van der Waals surface area (Å²) >= 11 is 0. The molecule has 1 amide bonds. The Morgan fingerprint density at radius 1 is 1.30 bits per heavy atom. The molecule has 1 aromatic carbocycles. The molecule has 0 bridgehead atoms. The van der Waals surface area contributed by atoms with E-state index in [1.165, 1.54) is 12.5 Å². The zero-order valence-corrected chi connectivity index (χ0v) is 11.8. The van der Waals surface area contributed by atoms with Gasteiger partial charge in [0.25, 0.3) is 0 Å². The number of imidazole rings is 1. The van der Waals surface area contributed by atoms with Gasteiger partial charge in [0.1, 0.15) is 0 Å². The topological polar surface area (TPSA) is 59.0 Å². The smallest absolute Gasteiger partial charge is 0.216 e. The maximum absolute atomic E-state index is 10.8. The van der Waals surface area contributed by atoms with Crippen LogP contribution in [0.1, 0.15) is 25.5 Å². The predicted octanol–water partition coefficient (Wildman–Crippen LogP) is 1.66. The van der Waals surface area contributed by atoms with Crippen molar-refractivity contribution in [2.24, 2.45) is 0 Å². The van der Waals surface area contributed by atoms with Crippen molar-refractivity contribution in [2.75, 3.05) is 13.1 Å². The van der Waals surface area contributed by atoms with E-state index in [1.54, 1.807) is 12.5 Å². The van der Waals surface area contributed by atoms with E-state index in [0.29, 0.717) is 6.54 Å². The molecule has 20 heavy (non-hydrogen) atoms. The van der Waals surface area contributed by atoms with E-state index in [-0.39, 0.29) is 11.9 Å². The molecule has 0 aliphatic heterocycles. The number of amides is 1. The summed E-state index contributed by atoms with van der Waals surface area (Å²) in [6.07, 6.45) is 5.47. The van der Waals surface area contributed by atoms with Gasteiger partial charge in [0.15, 0.2) is 0 Å². The van der Waals surface area contributed by atoms with Crippen LogP contribution >= 0.6 is 0 Å². The lowest BCUT2D eigenvalue weighted by Crippen LogP contribution is -2.31. The van der Waals surface area contributed by atoms with Gasteiger partial charge in [-0.1, -0.05) is 12.1 Å². The Bertz CT molecular complexity index is 534. The average Bonchev–Trinajstić information content (AvgIpc) is 2.97. The Morgan fingerprint density at radius 3 is 2.65 bits per heavy atom. The molecule has 1 aromatic heterocycles. The number of nitrogens with one attached hydrogen (secondary N) is 2. The van der Waals surface area contributed by atoms with Gasteiger partial charge in [-0.2, -0.15) is 0 Å². The van der Waals surface area contributed by atoms with Gasteiger partial charge in [-0.15, -0.1) is 0 Å². The van der Waals surface area contributed by atoms with E-state index >= 15 is 0 Å². The van der Waals surface area contributed by atoms with Crippen molar-refractivity contribution in [1.82, 2.24) is 20.2 Å². The molecule has 2 N–H and O–H groups in total. The molecule has 0 spiro atoms. The number of hydrogen-bond donors (Lipinski definition) is 2. The number of aromatic nitrogens is 2. The van der Waals surface area contributed by atoms with Crippen molar-refractivity contribution in [3.05, 3.63) is 48.5 Å². The van der Waals surface area contributed by atoms with E-state index in [0.717, 1.165) is 12.2 Å². The standard InChI is InChI=1S/C15H20N4O/c1-12(17-7-8-18-13(2)20)14-3-5-15(6-4-14)19-10-9-16-11-19/h3-6,9-12,17H,7-8H2,1-2H3,(H,18,20). The van der Waals surface area contributed by atoms with E-state index in [2.05, 4.69) is 46.8 Å². The summed E-state index contributed by atoms with van der Waals surface area (Å²) in [6.45, 7) is 5.04. The zero-order valence-electron chi connectivity index (χ0n) is 11.8. The molecule has 0 radical (unpaired) electrons. The average molecular weight is 272 g/mol. The van der Waals surface area contributed by atoms with Gasteiger partial charge >= 0.3 is 0 Å². The number of hydrogen-bond acceptors (Lipinski definition) is 3. The number of nitrogens with zero attached hydrogens (tertiary/aromatic N) is 2. The zero-order chi connectivity index (χ0) is 14.4. The van der Waals surface area contributed by atoms with Crippen molar-refractivity contribution < 1.29 is 4.79 Å². The van der Waals surface area contributed by atoms with E-state index in [1.807, 2.05) is 10.8 Å². The fourth-order valence-electron chi connectivity index (χ4n) is 1.99. The van der Waals surface area contributed by atoms with Crippen LogP contribution in [0.4, 0.5) is 0 Å². The Labute approximate surface area is 119 Å². The van der Waals surface area contributed by atoms with Gasteiger partial charge < -0.3 is 15.2 Å². The fourth-order valence-corrected chi connectivity index (χ4v) is 1.99. The molecule has 5 nitrogen and oxygen atoms in total. The molecule has 106 valence electrons. The molecule has 1 heterocycles. The first-order valence-corrected chi connectivity index (χ1v) is 6.73. The lowest BCUT2D eigenvalue weighted by Gasteiger charge is -2.15. The molecule has 0 aliphatic rings. The Hall–Kier alpha value is -2.14. The molecule has 1 unspecified atom stereocenters. The predicted molar refractivity (Wildman–Crippen MR) is 78.7 cm³/mol. The van der Waals surface area contributed by atoms with Crippen molar-refractivity contribution >= 4 is 5.91 Å². The van der Waals surface area contributed by atoms with Gasteiger partial charge in [0.05, 0.1) is 6.33 Å². The molecular weight excluding hydrogens is 252 g/mol. The van der Waals surface area contributed by atoms with Gasteiger partial charge in [0.2, 0.25) is 5.91 Å². The van der Waals surface area contributed by atoms with E-state index in [4.69, 9.17) is 0 Å². The maximum Gasteiger partial charge on any atom is 0.216 e. The normalized spacial score (nSPS) is 12.1. The minimum Gasteiger partial charge on any atom is -0.355 e. The third-order valence-corrected chi connectivity index (χ3v) is 3.15. The van der Waals surface area contributed by atoms with Crippen LogP contribution in [0.2, 0.25) is 0 Å². The van der Waals surface area contributed by atoms with Crippen molar-refractivity contribution in [3.8, 4) is 5.69 Å². The molecule has 1 atom stereocenters. The third-order valence-electron chi connectivity index (χ3n) is 3.15. The summed E-state index contributed by atoms with van der Waals surface area (Å²) in [5, 5.41) is 6.14. The summed E-state index contributed by atoms with van der Waals surface area (Å²) in [4.78, 5) is 14.8. The van der Waals surface area contributed by atoms with Crippen LogP contribution in [-0.2, 0) is 4.79 Å². The number of carbonyl (C=O) groups is 1. The van der Waals surface area contributed by atoms with Crippen molar-refractivity contribution in [2.45, 2.75) is 19.9 Å². The largest absolute Gasteiger partial charge is 0.355 e. The first kappa shape index (κ1) is 14.3. The summed E-state index contributed by atoms with van der Waals surface area (Å²) in [5.74, 6) is 0.00383. The molecule has 0 aliphatic carbocycles. The summed E-state index contributed by atoms with van der Waals surface area (Å²) in [5.41, 5.74) is 2.31. The molecule has 0 fully saturated rings. The Balaban J connectivity index is 1.87. The number of benzene rings is 1. The molecule has 0 saturated heterocycles. The van der Waals surface area contributed by atoms with Crippen LogP contribution in [0, 0.1) is 0 Å². The first-order valence-electron chi connectivity index (χ1n) is 6.73. The Morgan fingerprint density at radius 2 is 2.05 bits per heavy atom. The molecule has 2 rings (SSSR count). The van der Waals surface area contributed by atoms with Crippen LogP contribution in [0.15, 0.2) is 43.0 Å². The third kappa shape index (κ3) is 3.93. The van der Waals surface area contributed by atoms with Crippen LogP contribution in [0.3, 0.4) is 0 Å². The van der Waals surface area contributed by atoms with Gasteiger partial charge in [0, 0.05) is 44.1 Å². The lowest BCUT2D eigenvalue weighted by molar-refractivity contribution is -0.118. The van der Waals surface area contributed by atoms with Crippen molar-refractivity contribution in [1.29, 1.82) is 0 Å². The highest BCUT2D eigenvalue weighted by Crippen LogP contribution is 2.15. The van der Waals surface area contributed by atoms with Gasteiger partial charge in [-0.05, 0) is 24.6 Å². The SMILES string of the molecule is CC(=O)NCCNC(C)c1ccc(-n2ccnc2)cc1. The summed E-state index contributed by atoms with van der Waals surface area (Å²) in [6, 6.07) is 8.60. The van der Waals surface area contributed by atoms with Crippen molar-refractivity contribution in [3.63, 3.8) is 0 Å². The summed E-state index contributed by atoms with van der Waals surface area (Å²) in [7, 11) is 0. The first-order chi connectivity index (χ1) is 9.66. The van der Waals surface area contributed by atoms with E-state index in [9.17, 15) is 4.79 Å². The second kappa shape index (κ2) is 6.86. The van der Waals surface area contributed by atoms with Crippen LogP contribution in [-0.4, -0.2) is 28.5 Å². The van der Waals surface area contributed by atoms with Gasteiger partial charge in [-0.3, -0.25) is 4.79 Å². The minimum absolute atomic E-state index is 0.00383. The highest BCUT2D eigenvalue weighted by atomic mass is 16.1. The maximum atomic E-state index is 10.8. The molecule has 0 saturated carbocycles. The highest BCUT2D eigenvalue weighted by Gasteiger charge is 2.04. The lowest BCUT2D eigenvalue weighted by atomic mass is 10.1. The fraction of sp³-hybridized carbons (Fsp3) is 0.333.